The van der Waals surface area contributed by atoms with Gasteiger partial charge in [0.2, 0.25) is 0 Å². The van der Waals surface area contributed by atoms with Crippen LogP contribution in [0.2, 0.25) is 0 Å². The molecule has 1 atom stereocenters. The Bertz CT molecular complexity index is 411. The lowest BCUT2D eigenvalue weighted by molar-refractivity contribution is -0.0661. The molecule has 0 saturated carbocycles. The van der Waals surface area contributed by atoms with Gasteiger partial charge in [0.05, 0.1) is 0 Å². The van der Waals surface area contributed by atoms with Crippen molar-refractivity contribution >= 4 is 6.09 Å². The fourth-order valence-electron chi connectivity index (χ4n) is 1.67. The molecule has 1 saturated heterocycles. The van der Waals surface area contributed by atoms with Gasteiger partial charge in [-0.3, -0.25) is 4.90 Å². The first-order valence-electron chi connectivity index (χ1n) is 6.17. The summed E-state index contributed by atoms with van der Waals surface area (Å²) in [4.78, 5) is 13.5. The molecule has 1 aliphatic heterocycles. The number of rotatable bonds is 2. The van der Waals surface area contributed by atoms with Crippen LogP contribution in [0.15, 0.2) is 30.3 Å². The first kappa shape index (κ1) is 12.7. The minimum Gasteiger partial charge on any atom is -0.470 e. The molecule has 4 heteroatoms. The SMILES string of the molecule is CC(C)(C)OC(=O)N1CCC1Oc1ccccc1. The second-order valence-electron chi connectivity index (χ2n) is 5.35. The highest BCUT2D eigenvalue weighted by Gasteiger charge is 2.36. The van der Waals surface area contributed by atoms with E-state index in [-0.39, 0.29) is 12.3 Å². The molecule has 0 bridgehead atoms. The minimum atomic E-state index is -0.468. The topological polar surface area (TPSA) is 38.8 Å². The van der Waals surface area contributed by atoms with E-state index >= 15 is 0 Å². The Kier molecular flexibility index (Phi) is 3.45. The van der Waals surface area contributed by atoms with Crippen molar-refractivity contribution in [2.75, 3.05) is 6.54 Å². The first-order valence-corrected chi connectivity index (χ1v) is 6.17. The Hall–Kier alpha value is -1.71. The molecule has 0 aliphatic carbocycles. The molecule has 0 radical (unpaired) electrons. The van der Waals surface area contributed by atoms with Crippen LogP contribution in [0.5, 0.6) is 5.75 Å². The molecule has 0 spiro atoms. The third kappa shape index (κ3) is 3.15. The van der Waals surface area contributed by atoms with E-state index in [9.17, 15) is 4.79 Å². The normalized spacial score (nSPS) is 19.1. The van der Waals surface area contributed by atoms with Crippen molar-refractivity contribution in [3.63, 3.8) is 0 Å². The molecule has 1 unspecified atom stereocenters. The zero-order chi connectivity index (χ0) is 13.2. The summed E-state index contributed by atoms with van der Waals surface area (Å²) in [7, 11) is 0. The number of hydrogen-bond donors (Lipinski definition) is 0. The van der Waals surface area contributed by atoms with Gasteiger partial charge in [-0.15, -0.1) is 0 Å². The van der Waals surface area contributed by atoms with Crippen LogP contribution < -0.4 is 4.74 Å². The number of benzene rings is 1. The van der Waals surface area contributed by atoms with Gasteiger partial charge in [-0.25, -0.2) is 4.79 Å². The van der Waals surface area contributed by atoms with Crippen molar-refractivity contribution in [1.82, 2.24) is 4.90 Å². The summed E-state index contributed by atoms with van der Waals surface area (Å²) in [6, 6.07) is 9.51. The lowest BCUT2D eigenvalue weighted by Crippen LogP contribution is -2.55. The second-order valence-corrected chi connectivity index (χ2v) is 5.35. The molecule has 1 aliphatic rings. The molecule has 2 rings (SSSR count). The number of likely N-dealkylation sites (tertiary alicyclic amines) is 1. The fraction of sp³-hybridized carbons (Fsp3) is 0.500. The van der Waals surface area contributed by atoms with E-state index in [0.29, 0.717) is 6.54 Å². The van der Waals surface area contributed by atoms with Crippen molar-refractivity contribution in [1.29, 1.82) is 0 Å². The third-order valence-corrected chi connectivity index (χ3v) is 2.61. The average Bonchev–Trinajstić information content (AvgIpc) is 2.23. The monoisotopic (exact) mass is 249 g/mol. The zero-order valence-electron chi connectivity index (χ0n) is 11.1. The number of carbonyl (C=O) groups excluding carboxylic acids is 1. The number of hydrogen-bond acceptors (Lipinski definition) is 3. The van der Waals surface area contributed by atoms with Crippen LogP contribution in [0.4, 0.5) is 4.79 Å². The summed E-state index contributed by atoms with van der Waals surface area (Å²) in [6.07, 6.45) is 0.325. The third-order valence-electron chi connectivity index (χ3n) is 2.61. The number of nitrogens with zero attached hydrogens (tertiary/aromatic N) is 1. The van der Waals surface area contributed by atoms with Crippen LogP contribution in [-0.2, 0) is 4.74 Å². The van der Waals surface area contributed by atoms with Crippen molar-refractivity contribution < 1.29 is 14.3 Å². The summed E-state index contributed by atoms with van der Waals surface area (Å²) in [6.45, 7) is 6.26. The predicted octanol–water partition coefficient (Wildman–Crippen LogP) is 3.03. The van der Waals surface area contributed by atoms with Gasteiger partial charge in [0.25, 0.3) is 0 Å². The van der Waals surface area contributed by atoms with E-state index < -0.39 is 5.60 Å². The van der Waals surface area contributed by atoms with Crippen LogP contribution in [-0.4, -0.2) is 29.4 Å². The Morgan fingerprint density at radius 2 is 1.94 bits per heavy atom. The minimum absolute atomic E-state index is 0.206. The van der Waals surface area contributed by atoms with Crippen molar-refractivity contribution in [3.05, 3.63) is 30.3 Å². The fourth-order valence-corrected chi connectivity index (χ4v) is 1.67. The maximum atomic E-state index is 11.9. The van der Waals surface area contributed by atoms with Gasteiger partial charge in [-0.05, 0) is 32.9 Å². The van der Waals surface area contributed by atoms with Gasteiger partial charge in [0, 0.05) is 13.0 Å². The highest BCUT2D eigenvalue weighted by atomic mass is 16.6. The maximum Gasteiger partial charge on any atom is 0.413 e. The molecule has 0 N–H and O–H groups in total. The Morgan fingerprint density at radius 1 is 1.28 bits per heavy atom. The van der Waals surface area contributed by atoms with Gasteiger partial charge >= 0.3 is 6.09 Å². The maximum absolute atomic E-state index is 11.9. The van der Waals surface area contributed by atoms with Gasteiger partial charge in [-0.2, -0.15) is 0 Å². The van der Waals surface area contributed by atoms with Gasteiger partial charge in [-0.1, -0.05) is 18.2 Å². The van der Waals surface area contributed by atoms with Crippen LogP contribution in [0, 0.1) is 0 Å². The number of amides is 1. The van der Waals surface area contributed by atoms with E-state index in [1.807, 2.05) is 51.1 Å². The second kappa shape index (κ2) is 4.88. The molecule has 1 aromatic carbocycles. The molecule has 1 aromatic rings. The van der Waals surface area contributed by atoms with Crippen LogP contribution >= 0.6 is 0 Å². The molecule has 1 heterocycles. The Labute approximate surface area is 107 Å². The largest absolute Gasteiger partial charge is 0.470 e. The quantitative estimate of drug-likeness (QED) is 0.808. The van der Waals surface area contributed by atoms with Crippen LogP contribution in [0.25, 0.3) is 0 Å². The molecule has 1 fully saturated rings. The molecule has 98 valence electrons. The zero-order valence-corrected chi connectivity index (χ0v) is 11.1. The summed E-state index contributed by atoms with van der Waals surface area (Å²) >= 11 is 0. The Balaban J connectivity index is 1.91. The van der Waals surface area contributed by atoms with Gasteiger partial charge < -0.3 is 9.47 Å². The smallest absolute Gasteiger partial charge is 0.413 e. The summed E-state index contributed by atoms with van der Waals surface area (Å²) in [5.41, 5.74) is -0.468. The summed E-state index contributed by atoms with van der Waals surface area (Å²) in [5, 5.41) is 0. The number of carbonyl (C=O) groups is 1. The van der Waals surface area contributed by atoms with E-state index in [1.165, 1.54) is 0 Å². The highest BCUT2D eigenvalue weighted by molar-refractivity contribution is 5.69. The van der Waals surface area contributed by atoms with Crippen LogP contribution in [0.1, 0.15) is 27.2 Å². The van der Waals surface area contributed by atoms with E-state index in [0.717, 1.165) is 12.2 Å². The lowest BCUT2D eigenvalue weighted by Gasteiger charge is -2.40. The molecule has 1 amide bonds. The molecule has 4 nitrogen and oxygen atoms in total. The van der Waals surface area contributed by atoms with Gasteiger partial charge in [0.15, 0.2) is 6.23 Å². The van der Waals surface area contributed by atoms with Crippen molar-refractivity contribution in [2.45, 2.75) is 39.0 Å². The number of para-hydroxylation sites is 1. The standard InChI is InChI=1S/C14H19NO3/c1-14(2,3)18-13(16)15-10-9-12(15)17-11-7-5-4-6-8-11/h4-8,12H,9-10H2,1-3H3. The summed E-state index contributed by atoms with van der Waals surface area (Å²) in [5.74, 6) is 0.774. The van der Waals surface area contributed by atoms with E-state index in [1.54, 1.807) is 4.90 Å². The van der Waals surface area contributed by atoms with Crippen LogP contribution in [0.3, 0.4) is 0 Å². The Morgan fingerprint density at radius 3 is 2.44 bits per heavy atom. The molecule has 0 aromatic heterocycles. The highest BCUT2D eigenvalue weighted by Crippen LogP contribution is 2.24. The van der Waals surface area contributed by atoms with E-state index in [2.05, 4.69) is 0 Å². The number of ether oxygens (including phenoxy) is 2. The van der Waals surface area contributed by atoms with Crippen molar-refractivity contribution in [3.8, 4) is 5.75 Å². The average molecular weight is 249 g/mol. The molecular formula is C14H19NO3. The van der Waals surface area contributed by atoms with E-state index in [4.69, 9.17) is 9.47 Å². The lowest BCUT2D eigenvalue weighted by atomic mass is 10.2. The van der Waals surface area contributed by atoms with Crippen molar-refractivity contribution in [2.24, 2.45) is 0 Å². The van der Waals surface area contributed by atoms with Gasteiger partial charge in [0.1, 0.15) is 11.4 Å². The molecule has 18 heavy (non-hydrogen) atoms. The first-order chi connectivity index (χ1) is 8.46. The molecular weight excluding hydrogens is 230 g/mol. The predicted molar refractivity (Wildman–Crippen MR) is 68.4 cm³/mol. The summed E-state index contributed by atoms with van der Waals surface area (Å²) < 4.78 is 11.0.